The zero-order chi connectivity index (χ0) is 16.9. The smallest absolute Gasteiger partial charge is 0.342 e. The first-order chi connectivity index (χ1) is 10.9. The Balaban J connectivity index is 1.82. The first-order valence-electron chi connectivity index (χ1n) is 6.59. The molecule has 3 N–H and O–H groups in total. The number of sulfonamides is 1. The Morgan fingerprint density at radius 3 is 2.30 bits per heavy atom. The molecule has 122 valence electrons. The summed E-state index contributed by atoms with van der Waals surface area (Å²) in [6, 6.07) is 11.6. The number of hydrogen-bond acceptors (Lipinski definition) is 6. The number of hydrogen-bond donors (Lipinski definition) is 2. The van der Waals surface area contributed by atoms with E-state index in [2.05, 4.69) is 0 Å². The minimum atomic E-state index is -3.74. The van der Waals surface area contributed by atoms with Crippen molar-refractivity contribution < 1.29 is 27.8 Å². The Hall–Kier alpha value is -2.58. The number of esters is 1. The van der Waals surface area contributed by atoms with Crippen LogP contribution in [0.15, 0.2) is 53.4 Å². The van der Waals surface area contributed by atoms with Crippen molar-refractivity contribution in [2.24, 2.45) is 5.14 Å². The third-order valence-corrected chi connectivity index (χ3v) is 3.79. The first kappa shape index (κ1) is 16.8. The second kappa shape index (κ2) is 7.12. The van der Waals surface area contributed by atoms with Gasteiger partial charge in [-0.25, -0.2) is 18.4 Å². The number of ether oxygens (including phenoxy) is 2. The summed E-state index contributed by atoms with van der Waals surface area (Å²) in [6.45, 7) is 0.0537. The highest BCUT2D eigenvalue weighted by Gasteiger charge is 2.11. The number of benzene rings is 2. The number of phenolic OH excluding ortho intramolecular Hbond substituents is 1. The van der Waals surface area contributed by atoms with Crippen LogP contribution in [0.5, 0.6) is 11.5 Å². The van der Waals surface area contributed by atoms with Gasteiger partial charge in [-0.3, -0.25) is 0 Å². The van der Waals surface area contributed by atoms with Crippen LogP contribution in [0.3, 0.4) is 0 Å². The molecule has 0 aliphatic carbocycles. The molecule has 0 saturated carbocycles. The Morgan fingerprint density at radius 2 is 1.70 bits per heavy atom. The zero-order valence-corrected chi connectivity index (χ0v) is 12.8. The predicted octanol–water partition coefficient (Wildman–Crippen LogP) is 1.28. The Kier molecular flexibility index (Phi) is 5.20. The highest BCUT2D eigenvalue weighted by molar-refractivity contribution is 7.89. The molecule has 0 aromatic heterocycles. The monoisotopic (exact) mass is 337 g/mol. The molecule has 0 unspecified atom stereocenters. The van der Waals surface area contributed by atoms with Crippen LogP contribution in [0.1, 0.15) is 10.4 Å². The predicted molar refractivity (Wildman–Crippen MR) is 81.7 cm³/mol. The molecule has 2 rings (SSSR count). The largest absolute Gasteiger partial charge is 0.507 e. The van der Waals surface area contributed by atoms with Crippen LogP contribution < -0.4 is 9.88 Å². The second-order valence-electron chi connectivity index (χ2n) is 4.52. The third kappa shape index (κ3) is 4.70. The lowest BCUT2D eigenvalue weighted by molar-refractivity contribution is 0.0447. The molecule has 0 fully saturated rings. The summed E-state index contributed by atoms with van der Waals surface area (Å²) in [7, 11) is -3.74. The number of para-hydroxylation sites is 1. The van der Waals surface area contributed by atoms with Crippen molar-refractivity contribution in [2.75, 3.05) is 13.2 Å². The van der Waals surface area contributed by atoms with Gasteiger partial charge in [-0.1, -0.05) is 12.1 Å². The lowest BCUT2D eigenvalue weighted by Crippen LogP contribution is -2.13. The van der Waals surface area contributed by atoms with E-state index in [0.29, 0.717) is 5.75 Å². The highest BCUT2D eigenvalue weighted by Crippen LogP contribution is 2.17. The molecule has 23 heavy (non-hydrogen) atoms. The molecule has 2 aromatic carbocycles. The molecule has 7 nitrogen and oxygen atoms in total. The topological polar surface area (TPSA) is 116 Å². The fourth-order valence-corrected chi connectivity index (χ4v) is 2.26. The standard InChI is InChI=1S/C15H15NO6S/c16-23(19,20)12-7-5-11(6-8-12)21-9-10-22-15(18)13-3-1-2-4-14(13)17/h1-8,17H,9-10H2,(H2,16,19,20). The molecule has 0 radical (unpaired) electrons. The number of carbonyl (C=O) groups excluding carboxylic acids is 1. The Bertz CT molecular complexity index is 786. The van der Waals surface area contributed by atoms with E-state index in [1.807, 2.05) is 0 Å². The second-order valence-corrected chi connectivity index (χ2v) is 6.08. The molecular weight excluding hydrogens is 322 g/mol. The summed E-state index contributed by atoms with van der Waals surface area (Å²) < 4.78 is 32.5. The van der Waals surface area contributed by atoms with Gasteiger partial charge in [0.1, 0.15) is 30.3 Å². The normalized spacial score (nSPS) is 11.0. The molecule has 8 heteroatoms. The quantitative estimate of drug-likeness (QED) is 0.606. The summed E-state index contributed by atoms with van der Waals surface area (Å²) >= 11 is 0. The van der Waals surface area contributed by atoms with Gasteiger partial charge in [-0.2, -0.15) is 0 Å². The number of phenols is 1. The summed E-state index contributed by atoms with van der Waals surface area (Å²) in [5.74, 6) is -0.399. The van der Waals surface area contributed by atoms with Gasteiger partial charge in [0.25, 0.3) is 0 Å². The Morgan fingerprint density at radius 1 is 1.04 bits per heavy atom. The van der Waals surface area contributed by atoms with Crippen molar-refractivity contribution in [3.05, 3.63) is 54.1 Å². The van der Waals surface area contributed by atoms with Gasteiger partial charge in [-0.15, -0.1) is 0 Å². The SMILES string of the molecule is NS(=O)(=O)c1ccc(OCCOC(=O)c2ccccc2O)cc1. The zero-order valence-electron chi connectivity index (χ0n) is 12.0. The van der Waals surface area contributed by atoms with Crippen molar-refractivity contribution in [1.82, 2.24) is 0 Å². The maximum Gasteiger partial charge on any atom is 0.342 e. The van der Waals surface area contributed by atoms with E-state index in [1.165, 1.54) is 36.4 Å². The lowest BCUT2D eigenvalue weighted by atomic mass is 10.2. The minimum absolute atomic E-state index is 0.0177. The van der Waals surface area contributed by atoms with Crippen molar-refractivity contribution in [3.63, 3.8) is 0 Å². The molecule has 2 aromatic rings. The van der Waals surface area contributed by atoms with Crippen LogP contribution in [0.25, 0.3) is 0 Å². The Labute approximate surface area is 133 Å². The number of rotatable bonds is 6. The van der Waals surface area contributed by atoms with Crippen molar-refractivity contribution >= 4 is 16.0 Å². The van der Waals surface area contributed by atoms with Crippen molar-refractivity contribution in [1.29, 1.82) is 0 Å². The van der Waals surface area contributed by atoms with E-state index < -0.39 is 16.0 Å². The molecule has 0 amide bonds. The van der Waals surface area contributed by atoms with Crippen molar-refractivity contribution in [3.8, 4) is 11.5 Å². The first-order valence-corrected chi connectivity index (χ1v) is 8.13. The molecule has 0 aliphatic heterocycles. The lowest BCUT2D eigenvalue weighted by Gasteiger charge is -2.08. The summed E-state index contributed by atoms with van der Waals surface area (Å²) in [6.07, 6.45) is 0. The molecule has 0 aliphatic rings. The third-order valence-electron chi connectivity index (χ3n) is 2.86. The minimum Gasteiger partial charge on any atom is -0.507 e. The maximum atomic E-state index is 11.7. The number of nitrogens with two attached hydrogens (primary N) is 1. The number of aromatic hydroxyl groups is 1. The molecule has 0 bridgehead atoms. The van der Waals surface area contributed by atoms with Crippen LogP contribution >= 0.6 is 0 Å². The van der Waals surface area contributed by atoms with Gasteiger partial charge in [0.2, 0.25) is 10.0 Å². The van der Waals surface area contributed by atoms with E-state index in [4.69, 9.17) is 14.6 Å². The fourth-order valence-electron chi connectivity index (χ4n) is 1.74. The van der Waals surface area contributed by atoms with Crippen LogP contribution in [-0.2, 0) is 14.8 Å². The van der Waals surface area contributed by atoms with Crippen molar-refractivity contribution in [2.45, 2.75) is 4.90 Å². The summed E-state index contributed by atoms with van der Waals surface area (Å²) in [4.78, 5) is 11.7. The summed E-state index contributed by atoms with van der Waals surface area (Å²) in [5.41, 5.74) is 0.0741. The van der Waals surface area contributed by atoms with E-state index >= 15 is 0 Å². The highest BCUT2D eigenvalue weighted by atomic mass is 32.2. The van der Waals surface area contributed by atoms with Crippen LogP contribution in [-0.4, -0.2) is 32.7 Å². The maximum absolute atomic E-state index is 11.7. The van der Waals surface area contributed by atoms with Crippen LogP contribution in [0.4, 0.5) is 0 Å². The van der Waals surface area contributed by atoms with E-state index in [1.54, 1.807) is 12.1 Å². The average Bonchev–Trinajstić information content (AvgIpc) is 2.51. The fraction of sp³-hybridized carbons (Fsp3) is 0.133. The van der Waals surface area contributed by atoms with Gasteiger partial charge in [0.05, 0.1) is 4.90 Å². The average molecular weight is 337 g/mol. The molecule has 0 heterocycles. The van der Waals surface area contributed by atoms with Gasteiger partial charge in [0.15, 0.2) is 0 Å². The van der Waals surface area contributed by atoms with Gasteiger partial charge >= 0.3 is 5.97 Å². The van der Waals surface area contributed by atoms with E-state index in [0.717, 1.165) is 0 Å². The molecule has 0 saturated heterocycles. The van der Waals surface area contributed by atoms with Gasteiger partial charge < -0.3 is 14.6 Å². The van der Waals surface area contributed by atoms with Gasteiger partial charge in [-0.05, 0) is 36.4 Å². The van der Waals surface area contributed by atoms with E-state index in [9.17, 15) is 18.3 Å². The number of primary sulfonamides is 1. The molecule has 0 spiro atoms. The van der Waals surface area contributed by atoms with Gasteiger partial charge in [0, 0.05) is 0 Å². The summed E-state index contributed by atoms with van der Waals surface area (Å²) in [5, 5.41) is 14.5. The molecular formula is C15H15NO6S. The molecule has 0 atom stereocenters. The van der Waals surface area contributed by atoms with E-state index in [-0.39, 0.29) is 29.4 Å². The van der Waals surface area contributed by atoms with Crippen LogP contribution in [0.2, 0.25) is 0 Å². The van der Waals surface area contributed by atoms with Crippen LogP contribution in [0, 0.1) is 0 Å². The number of carbonyl (C=O) groups is 1.